The average Bonchev–Trinajstić information content (AvgIpc) is 2.48. The highest BCUT2D eigenvalue weighted by atomic mass is 16.1. The molecule has 20 heavy (non-hydrogen) atoms. The molecule has 0 saturated heterocycles. The Kier molecular flexibility index (Phi) is 3.30. The molecule has 0 saturated carbocycles. The number of nitrogens with zero attached hydrogens (tertiary/aromatic N) is 1. The molecule has 3 rings (SSSR count). The summed E-state index contributed by atoms with van der Waals surface area (Å²) in [5, 5.41) is 1.10. The number of carbonyl (C=O) groups excluding carboxylic acids is 1. The third-order valence-corrected chi connectivity index (χ3v) is 3.57. The van der Waals surface area contributed by atoms with Gasteiger partial charge in [-0.3, -0.25) is 4.98 Å². The Morgan fingerprint density at radius 2 is 1.80 bits per heavy atom. The molecule has 2 nitrogen and oxygen atoms in total. The Bertz CT molecular complexity index is 777. The van der Waals surface area contributed by atoms with E-state index < -0.39 is 0 Å². The minimum absolute atomic E-state index is 0.390. The van der Waals surface area contributed by atoms with Gasteiger partial charge in [-0.25, -0.2) is 0 Å². The molecule has 0 N–H and O–H groups in total. The van der Waals surface area contributed by atoms with Crippen LogP contribution in [-0.4, -0.2) is 11.3 Å². The number of hydrogen-bond donors (Lipinski definition) is 0. The molecule has 0 bridgehead atoms. The topological polar surface area (TPSA) is 30.0 Å². The van der Waals surface area contributed by atoms with Crippen LogP contribution >= 0.6 is 0 Å². The predicted octanol–water partition coefficient (Wildman–Crippen LogP) is 3.95. The van der Waals surface area contributed by atoms with Crippen LogP contribution in [0.15, 0.2) is 54.7 Å². The summed E-state index contributed by atoms with van der Waals surface area (Å²) in [6.07, 6.45) is 3.15. The van der Waals surface area contributed by atoms with E-state index in [-0.39, 0.29) is 0 Å². The molecule has 2 aromatic carbocycles. The largest absolute Gasteiger partial charge is 0.303 e. The van der Waals surface area contributed by atoms with Gasteiger partial charge >= 0.3 is 0 Å². The normalized spacial score (nSPS) is 10.7. The number of hydrogen-bond acceptors (Lipinski definition) is 2. The van der Waals surface area contributed by atoms with Crippen LogP contribution in [0, 0.1) is 6.92 Å². The first-order valence-corrected chi connectivity index (χ1v) is 6.67. The zero-order valence-corrected chi connectivity index (χ0v) is 11.3. The average molecular weight is 261 g/mol. The van der Waals surface area contributed by atoms with Crippen LogP contribution in [0.5, 0.6) is 0 Å². The smallest absolute Gasteiger partial charge is 0.124 e. The fourth-order valence-corrected chi connectivity index (χ4v) is 2.60. The number of carbonyl (C=O) groups is 1. The van der Waals surface area contributed by atoms with Crippen molar-refractivity contribution < 1.29 is 4.79 Å². The molecule has 0 amide bonds. The summed E-state index contributed by atoms with van der Waals surface area (Å²) in [7, 11) is 0. The third kappa shape index (κ3) is 2.10. The number of aldehydes is 1. The summed E-state index contributed by atoms with van der Waals surface area (Å²) in [5.41, 5.74) is 5.44. The highest BCUT2D eigenvalue weighted by Crippen LogP contribution is 2.33. The van der Waals surface area contributed by atoms with Crippen molar-refractivity contribution in [1.82, 2.24) is 4.98 Å². The number of pyridine rings is 1. The predicted molar refractivity (Wildman–Crippen MR) is 81.7 cm³/mol. The van der Waals surface area contributed by atoms with Crippen molar-refractivity contribution in [2.75, 3.05) is 0 Å². The number of para-hydroxylation sites is 1. The Labute approximate surface area is 118 Å². The lowest BCUT2D eigenvalue weighted by molar-refractivity contribution is -0.107. The van der Waals surface area contributed by atoms with Crippen molar-refractivity contribution in [1.29, 1.82) is 0 Å². The second kappa shape index (κ2) is 5.25. The number of aromatic nitrogens is 1. The van der Waals surface area contributed by atoms with Crippen molar-refractivity contribution in [3.05, 3.63) is 65.9 Å². The van der Waals surface area contributed by atoms with E-state index >= 15 is 0 Å². The van der Waals surface area contributed by atoms with Crippen LogP contribution in [0.2, 0.25) is 0 Å². The van der Waals surface area contributed by atoms with Gasteiger partial charge in [0.05, 0.1) is 5.52 Å². The second-order valence-electron chi connectivity index (χ2n) is 4.86. The van der Waals surface area contributed by atoms with Crippen molar-refractivity contribution in [2.45, 2.75) is 13.3 Å². The van der Waals surface area contributed by atoms with Gasteiger partial charge in [0, 0.05) is 18.0 Å². The lowest BCUT2D eigenvalue weighted by Gasteiger charge is -2.13. The van der Waals surface area contributed by atoms with Crippen molar-refractivity contribution >= 4 is 17.2 Å². The maximum atomic E-state index is 11.0. The van der Waals surface area contributed by atoms with Crippen molar-refractivity contribution in [3.8, 4) is 11.1 Å². The maximum Gasteiger partial charge on any atom is 0.124 e. The molecule has 1 heterocycles. The minimum Gasteiger partial charge on any atom is -0.303 e. The van der Waals surface area contributed by atoms with Gasteiger partial charge in [0.25, 0.3) is 0 Å². The van der Waals surface area contributed by atoms with Crippen LogP contribution in [0.1, 0.15) is 11.1 Å². The molecular weight excluding hydrogens is 246 g/mol. The summed E-state index contributed by atoms with van der Waals surface area (Å²) >= 11 is 0. The molecule has 2 heteroatoms. The lowest BCUT2D eigenvalue weighted by atomic mass is 9.92. The number of rotatable bonds is 3. The Morgan fingerprint density at radius 3 is 2.60 bits per heavy atom. The summed E-state index contributed by atoms with van der Waals surface area (Å²) in [6, 6.07) is 16.3. The van der Waals surface area contributed by atoms with Gasteiger partial charge in [0.15, 0.2) is 0 Å². The van der Waals surface area contributed by atoms with Crippen LogP contribution in [-0.2, 0) is 11.2 Å². The van der Waals surface area contributed by atoms with E-state index in [9.17, 15) is 4.79 Å². The Balaban J connectivity index is 2.39. The molecule has 0 radical (unpaired) electrons. The highest BCUT2D eigenvalue weighted by molar-refractivity contribution is 5.97. The molecule has 0 aliphatic heterocycles. The quantitative estimate of drug-likeness (QED) is 0.668. The first kappa shape index (κ1) is 12.5. The van der Waals surface area contributed by atoms with E-state index in [2.05, 4.69) is 30.1 Å². The van der Waals surface area contributed by atoms with E-state index in [0.29, 0.717) is 6.42 Å². The third-order valence-electron chi connectivity index (χ3n) is 3.57. The molecule has 3 aromatic rings. The molecule has 0 aliphatic rings. The summed E-state index contributed by atoms with van der Waals surface area (Å²) in [4.78, 5) is 15.4. The zero-order valence-electron chi connectivity index (χ0n) is 11.3. The Hall–Kier alpha value is -2.48. The molecule has 0 fully saturated rings. The lowest BCUT2D eigenvalue weighted by Crippen LogP contribution is -1.96. The van der Waals surface area contributed by atoms with Gasteiger partial charge < -0.3 is 4.79 Å². The van der Waals surface area contributed by atoms with E-state index in [1.807, 2.05) is 36.5 Å². The fraction of sp³-hybridized carbons (Fsp3) is 0.111. The monoisotopic (exact) mass is 261 g/mol. The standard InChI is InChI=1S/C18H15NO/c1-13-6-2-3-7-15(13)18-14(10-11-20)12-19-17-9-5-4-8-16(17)18/h2-9,11-12H,10H2,1H3. The van der Waals surface area contributed by atoms with E-state index in [0.717, 1.165) is 28.3 Å². The van der Waals surface area contributed by atoms with Crippen LogP contribution in [0.25, 0.3) is 22.0 Å². The van der Waals surface area contributed by atoms with Gasteiger partial charge in [-0.15, -0.1) is 0 Å². The number of fused-ring (bicyclic) bond motifs is 1. The first-order valence-electron chi connectivity index (χ1n) is 6.67. The zero-order chi connectivity index (χ0) is 13.9. The highest BCUT2D eigenvalue weighted by Gasteiger charge is 2.12. The van der Waals surface area contributed by atoms with Crippen LogP contribution in [0.3, 0.4) is 0 Å². The molecule has 0 atom stereocenters. The fourth-order valence-electron chi connectivity index (χ4n) is 2.60. The van der Waals surface area contributed by atoms with Gasteiger partial charge in [-0.2, -0.15) is 0 Å². The molecule has 1 aromatic heterocycles. The van der Waals surface area contributed by atoms with Gasteiger partial charge in [-0.1, -0.05) is 42.5 Å². The van der Waals surface area contributed by atoms with Crippen molar-refractivity contribution in [3.63, 3.8) is 0 Å². The number of benzene rings is 2. The summed E-state index contributed by atoms with van der Waals surface area (Å²) in [5.74, 6) is 0. The van der Waals surface area contributed by atoms with Gasteiger partial charge in [0.2, 0.25) is 0 Å². The van der Waals surface area contributed by atoms with E-state index in [1.165, 1.54) is 11.1 Å². The molecule has 0 unspecified atom stereocenters. The van der Waals surface area contributed by atoms with E-state index in [1.54, 1.807) is 0 Å². The Morgan fingerprint density at radius 1 is 1.05 bits per heavy atom. The molecule has 0 spiro atoms. The van der Waals surface area contributed by atoms with Gasteiger partial charge in [-0.05, 0) is 35.2 Å². The van der Waals surface area contributed by atoms with Gasteiger partial charge in [0.1, 0.15) is 6.29 Å². The minimum atomic E-state index is 0.390. The molecule has 0 aliphatic carbocycles. The summed E-state index contributed by atoms with van der Waals surface area (Å²) < 4.78 is 0. The summed E-state index contributed by atoms with van der Waals surface area (Å²) in [6.45, 7) is 2.09. The second-order valence-corrected chi connectivity index (χ2v) is 4.86. The molecular formula is C18H15NO. The van der Waals surface area contributed by atoms with Crippen LogP contribution in [0.4, 0.5) is 0 Å². The van der Waals surface area contributed by atoms with Crippen molar-refractivity contribution in [2.24, 2.45) is 0 Å². The maximum absolute atomic E-state index is 11.0. The first-order chi connectivity index (χ1) is 9.81. The van der Waals surface area contributed by atoms with E-state index in [4.69, 9.17) is 0 Å². The SMILES string of the molecule is Cc1ccccc1-c1c(CC=O)cnc2ccccc12. The molecule has 98 valence electrons. The number of aryl methyl sites for hydroxylation is 1. The van der Waals surface area contributed by atoms with Crippen LogP contribution < -0.4 is 0 Å².